The number of nitrogens with zero attached hydrogens (tertiary/aromatic N) is 2. The van der Waals surface area contributed by atoms with Gasteiger partial charge in [0, 0.05) is 23.9 Å². The van der Waals surface area contributed by atoms with E-state index in [1.807, 2.05) is 55.5 Å². The van der Waals surface area contributed by atoms with Crippen LogP contribution in [0.5, 0.6) is 0 Å². The van der Waals surface area contributed by atoms with Crippen LogP contribution in [0.1, 0.15) is 56.1 Å². The van der Waals surface area contributed by atoms with Crippen LogP contribution in [-0.4, -0.2) is 26.3 Å². The van der Waals surface area contributed by atoms with E-state index in [1.165, 1.54) is 6.92 Å². The number of hydrogen-bond donors (Lipinski definition) is 3. The van der Waals surface area contributed by atoms with Gasteiger partial charge in [0.15, 0.2) is 0 Å². The van der Waals surface area contributed by atoms with Crippen molar-refractivity contribution in [2.24, 2.45) is 0 Å². The average molecular weight is 403 g/mol. The van der Waals surface area contributed by atoms with E-state index < -0.39 is 0 Å². The third-order valence-corrected chi connectivity index (χ3v) is 5.11. The van der Waals surface area contributed by atoms with Crippen LogP contribution >= 0.6 is 0 Å². The number of hydrogen-bond acceptors (Lipinski definition) is 3. The Morgan fingerprint density at radius 1 is 1.03 bits per heavy atom. The fourth-order valence-corrected chi connectivity index (χ4v) is 3.86. The Labute approximate surface area is 174 Å². The highest BCUT2D eigenvalue weighted by atomic mass is 16.2. The average Bonchev–Trinajstić information content (AvgIpc) is 3.27. The van der Waals surface area contributed by atoms with Crippen molar-refractivity contribution in [3.05, 3.63) is 60.0 Å². The number of H-pyrrole nitrogens is 1. The summed E-state index contributed by atoms with van der Waals surface area (Å²) in [5.74, 6) is 0.255. The monoisotopic (exact) mass is 403 g/mol. The molecule has 2 aromatic heterocycles. The highest BCUT2D eigenvalue weighted by Crippen LogP contribution is 2.29. The summed E-state index contributed by atoms with van der Waals surface area (Å²) in [7, 11) is 0. The molecular formula is C23H25N5O2. The van der Waals surface area contributed by atoms with Crippen LogP contribution in [0.2, 0.25) is 0 Å². The summed E-state index contributed by atoms with van der Waals surface area (Å²) >= 11 is 0. The SMILES string of the molecule is CC(=O)Nc1c(C(=O)N[C@@H](C)c2nc3ccccc3n2C(C)C)[nH]c2ccccc12. The lowest BCUT2D eigenvalue weighted by molar-refractivity contribution is -0.114. The Hall–Kier alpha value is -3.61. The van der Waals surface area contributed by atoms with Crippen molar-refractivity contribution >= 4 is 39.4 Å². The van der Waals surface area contributed by atoms with Crippen molar-refractivity contribution < 1.29 is 9.59 Å². The fourth-order valence-electron chi connectivity index (χ4n) is 3.86. The van der Waals surface area contributed by atoms with Gasteiger partial charge < -0.3 is 20.2 Å². The molecule has 7 nitrogen and oxygen atoms in total. The molecule has 0 saturated carbocycles. The molecule has 7 heteroatoms. The number of rotatable bonds is 5. The van der Waals surface area contributed by atoms with E-state index in [2.05, 4.69) is 34.0 Å². The molecular weight excluding hydrogens is 378 g/mol. The zero-order chi connectivity index (χ0) is 21.4. The molecule has 0 fully saturated rings. The Kier molecular flexibility index (Phi) is 5.03. The molecule has 0 saturated heterocycles. The molecule has 1 atom stereocenters. The van der Waals surface area contributed by atoms with Crippen molar-refractivity contribution in [3.8, 4) is 0 Å². The number of nitrogens with one attached hydrogen (secondary N) is 3. The summed E-state index contributed by atoms with van der Waals surface area (Å²) in [6, 6.07) is 15.3. The molecule has 0 unspecified atom stereocenters. The van der Waals surface area contributed by atoms with Gasteiger partial charge >= 0.3 is 0 Å². The number of carbonyl (C=O) groups is 2. The van der Waals surface area contributed by atoms with Gasteiger partial charge in [0.25, 0.3) is 5.91 Å². The Bertz CT molecular complexity index is 1250. The van der Waals surface area contributed by atoms with Crippen LogP contribution in [0, 0.1) is 0 Å². The van der Waals surface area contributed by atoms with Gasteiger partial charge in [-0.05, 0) is 39.0 Å². The molecule has 0 radical (unpaired) electrons. The number of aromatic nitrogens is 3. The van der Waals surface area contributed by atoms with E-state index in [4.69, 9.17) is 4.98 Å². The minimum atomic E-state index is -0.330. The standard InChI is InChI=1S/C23H25N5O2/c1-13(2)28-19-12-8-7-11-18(19)27-22(28)14(3)24-23(30)21-20(25-15(4)29)16-9-5-6-10-17(16)26-21/h5-14,26H,1-4H3,(H,24,30)(H,25,29)/t14-/m0/s1. The Balaban J connectivity index is 1.71. The lowest BCUT2D eigenvalue weighted by Crippen LogP contribution is -2.30. The molecule has 30 heavy (non-hydrogen) atoms. The third kappa shape index (κ3) is 3.43. The van der Waals surface area contributed by atoms with Crippen molar-refractivity contribution in [3.63, 3.8) is 0 Å². The number of fused-ring (bicyclic) bond motifs is 2. The molecule has 0 aliphatic carbocycles. The Morgan fingerprint density at radius 2 is 1.73 bits per heavy atom. The second kappa shape index (κ2) is 7.67. The molecule has 0 spiro atoms. The summed E-state index contributed by atoms with van der Waals surface area (Å²) in [6.07, 6.45) is 0. The number of anilines is 1. The zero-order valence-electron chi connectivity index (χ0n) is 17.5. The highest BCUT2D eigenvalue weighted by Gasteiger charge is 2.24. The summed E-state index contributed by atoms with van der Waals surface area (Å²) in [5, 5.41) is 6.62. The molecule has 4 aromatic rings. The lowest BCUT2D eigenvalue weighted by atomic mass is 10.2. The number of imidazole rings is 1. The second-order valence-corrected chi connectivity index (χ2v) is 7.72. The van der Waals surface area contributed by atoms with E-state index in [9.17, 15) is 9.59 Å². The number of amides is 2. The van der Waals surface area contributed by atoms with Crippen LogP contribution in [0.3, 0.4) is 0 Å². The summed E-state index contributed by atoms with van der Waals surface area (Å²) < 4.78 is 2.14. The van der Waals surface area contributed by atoms with Gasteiger partial charge in [-0.3, -0.25) is 9.59 Å². The maximum atomic E-state index is 13.2. The van der Waals surface area contributed by atoms with Crippen molar-refractivity contribution in [2.45, 2.75) is 39.8 Å². The van der Waals surface area contributed by atoms with Crippen LogP contribution in [0.4, 0.5) is 5.69 Å². The number of benzene rings is 2. The van der Waals surface area contributed by atoms with Crippen LogP contribution in [0.15, 0.2) is 48.5 Å². The molecule has 2 amide bonds. The molecule has 3 N–H and O–H groups in total. The number of carbonyl (C=O) groups excluding carboxylic acids is 2. The van der Waals surface area contributed by atoms with Crippen LogP contribution in [-0.2, 0) is 4.79 Å². The first-order valence-corrected chi connectivity index (χ1v) is 10.0. The van der Waals surface area contributed by atoms with Gasteiger partial charge in [-0.25, -0.2) is 4.98 Å². The predicted octanol–water partition coefficient (Wildman–Crippen LogP) is 4.55. The summed E-state index contributed by atoms with van der Waals surface area (Å²) in [5.41, 5.74) is 3.53. The van der Waals surface area contributed by atoms with E-state index in [0.29, 0.717) is 11.4 Å². The quantitative estimate of drug-likeness (QED) is 0.456. The molecule has 0 aliphatic rings. The van der Waals surface area contributed by atoms with Crippen molar-refractivity contribution in [1.82, 2.24) is 19.9 Å². The molecule has 154 valence electrons. The smallest absolute Gasteiger partial charge is 0.270 e. The maximum Gasteiger partial charge on any atom is 0.270 e. The van der Waals surface area contributed by atoms with E-state index in [-0.39, 0.29) is 23.9 Å². The van der Waals surface area contributed by atoms with E-state index in [0.717, 1.165) is 27.8 Å². The van der Waals surface area contributed by atoms with E-state index >= 15 is 0 Å². The third-order valence-electron chi connectivity index (χ3n) is 5.11. The summed E-state index contributed by atoms with van der Waals surface area (Å²) in [4.78, 5) is 32.8. The van der Waals surface area contributed by atoms with Gasteiger partial charge in [-0.15, -0.1) is 0 Å². The molecule has 4 rings (SSSR count). The number of aromatic amines is 1. The topological polar surface area (TPSA) is 91.8 Å². The zero-order valence-corrected chi connectivity index (χ0v) is 17.5. The normalized spacial score (nSPS) is 12.4. The number of para-hydroxylation sites is 3. The van der Waals surface area contributed by atoms with Gasteiger partial charge in [0.1, 0.15) is 11.5 Å². The first-order chi connectivity index (χ1) is 14.4. The Morgan fingerprint density at radius 3 is 2.47 bits per heavy atom. The fraction of sp³-hybridized carbons (Fsp3) is 0.261. The first-order valence-electron chi connectivity index (χ1n) is 10.0. The van der Waals surface area contributed by atoms with Crippen LogP contribution in [0.25, 0.3) is 21.9 Å². The maximum absolute atomic E-state index is 13.2. The second-order valence-electron chi connectivity index (χ2n) is 7.72. The summed E-state index contributed by atoms with van der Waals surface area (Å²) in [6.45, 7) is 7.54. The van der Waals surface area contributed by atoms with Gasteiger partial charge in [-0.2, -0.15) is 0 Å². The molecule has 2 heterocycles. The predicted molar refractivity (Wildman–Crippen MR) is 119 cm³/mol. The largest absolute Gasteiger partial charge is 0.349 e. The van der Waals surface area contributed by atoms with Crippen LogP contribution < -0.4 is 10.6 Å². The van der Waals surface area contributed by atoms with Crippen molar-refractivity contribution in [2.75, 3.05) is 5.32 Å². The lowest BCUT2D eigenvalue weighted by Gasteiger charge is -2.19. The minimum absolute atomic E-state index is 0.190. The van der Waals surface area contributed by atoms with Gasteiger partial charge in [0.05, 0.1) is 22.8 Å². The first kappa shape index (κ1) is 19.7. The van der Waals surface area contributed by atoms with Gasteiger partial charge in [0.2, 0.25) is 5.91 Å². The molecule has 0 bridgehead atoms. The molecule has 2 aromatic carbocycles. The minimum Gasteiger partial charge on any atom is -0.349 e. The molecule has 0 aliphatic heterocycles. The highest BCUT2D eigenvalue weighted by molar-refractivity contribution is 6.12. The van der Waals surface area contributed by atoms with Crippen molar-refractivity contribution in [1.29, 1.82) is 0 Å². The van der Waals surface area contributed by atoms with E-state index in [1.54, 1.807) is 0 Å². The van der Waals surface area contributed by atoms with Gasteiger partial charge in [-0.1, -0.05) is 30.3 Å².